The molecule has 2 saturated heterocycles. The van der Waals surface area contributed by atoms with Crippen LogP contribution in [0.25, 0.3) is 0 Å². The summed E-state index contributed by atoms with van der Waals surface area (Å²) in [5.74, 6) is -4.03. The number of carbonyl (C=O) groups is 4. The number of aliphatic carboxylic acids is 1. The lowest BCUT2D eigenvalue weighted by Crippen LogP contribution is -2.53. The fourth-order valence-electron chi connectivity index (χ4n) is 5.73. The fourth-order valence-corrected chi connectivity index (χ4v) is 6.00. The molecule has 0 aromatic heterocycles. The molecule has 2 aromatic carbocycles. The Balaban J connectivity index is 1.55. The molecule has 3 N–H and O–H groups in total. The van der Waals surface area contributed by atoms with Gasteiger partial charge < -0.3 is 10.4 Å². The zero-order valence-corrected chi connectivity index (χ0v) is 19.3. The third kappa shape index (κ3) is 3.32. The standard InChI is InChI=1S/C25H24ClN3O5/c1-13-11-15(26)12-16-21(13)27-24(34)25(16)20-19(17(28-25)7-8-18(30)31)22(32)29(23(20)33)10-9-14-5-3-2-4-6-14/h2-6,11-12,17,19-20,28H,7-10H2,1H3,(H,27,34)(H,30,31)/t17-,19+,20+,25+/m0/s1. The molecule has 176 valence electrons. The van der Waals surface area contributed by atoms with Crippen LogP contribution >= 0.6 is 11.6 Å². The van der Waals surface area contributed by atoms with Gasteiger partial charge in [0, 0.05) is 35.3 Å². The monoisotopic (exact) mass is 481 g/mol. The maximum absolute atomic E-state index is 13.7. The molecule has 4 atom stereocenters. The van der Waals surface area contributed by atoms with E-state index in [2.05, 4.69) is 10.6 Å². The molecule has 0 aliphatic carbocycles. The number of halogens is 1. The summed E-state index contributed by atoms with van der Waals surface area (Å²) in [6.07, 6.45) is 0.420. The van der Waals surface area contributed by atoms with Crippen molar-refractivity contribution in [3.8, 4) is 0 Å². The highest BCUT2D eigenvalue weighted by Gasteiger charge is 2.70. The van der Waals surface area contributed by atoms with Crippen molar-refractivity contribution in [2.24, 2.45) is 11.8 Å². The van der Waals surface area contributed by atoms with Crippen molar-refractivity contribution in [3.05, 3.63) is 64.2 Å². The largest absolute Gasteiger partial charge is 0.481 e. The fraction of sp³-hybridized carbons (Fsp3) is 0.360. The van der Waals surface area contributed by atoms with Crippen molar-refractivity contribution < 1.29 is 24.3 Å². The molecule has 3 heterocycles. The number of benzene rings is 2. The van der Waals surface area contributed by atoms with Gasteiger partial charge in [-0.05, 0) is 43.0 Å². The number of carboxylic acid groups (broad SMARTS) is 1. The predicted octanol–water partition coefficient (Wildman–Crippen LogP) is 2.48. The van der Waals surface area contributed by atoms with Crippen LogP contribution in [-0.2, 0) is 31.1 Å². The normalized spacial score (nSPS) is 27.3. The molecule has 0 bridgehead atoms. The smallest absolute Gasteiger partial charge is 0.303 e. The van der Waals surface area contributed by atoms with Crippen LogP contribution in [0.5, 0.6) is 0 Å². The number of aryl methyl sites for hydroxylation is 1. The number of imide groups is 1. The zero-order valence-electron chi connectivity index (χ0n) is 18.5. The molecular weight excluding hydrogens is 458 g/mol. The molecule has 0 unspecified atom stereocenters. The van der Waals surface area contributed by atoms with Crippen molar-refractivity contribution in [3.63, 3.8) is 0 Å². The van der Waals surface area contributed by atoms with Crippen LogP contribution in [0, 0.1) is 18.8 Å². The minimum atomic E-state index is -1.48. The predicted molar refractivity (Wildman–Crippen MR) is 124 cm³/mol. The number of fused-ring (bicyclic) bond motifs is 4. The van der Waals surface area contributed by atoms with E-state index in [0.29, 0.717) is 22.7 Å². The van der Waals surface area contributed by atoms with Crippen LogP contribution in [0.15, 0.2) is 42.5 Å². The quantitative estimate of drug-likeness (QED) is 0.546. The van der Waals surface area contributed by atoms with E-state index in [0.717, 1.165) is 11.1 Å². The number of hydrogen-bond acceptors (Lipinski definition) is 5. The number of likely N-dealkylation sites (tertiary alicyclic amines) is 1. The SMILES string of the molecule is Cc1cc(Cl)cc2c1NC(=O)[C@@]21N[C@@H](CCC(=O)O)[C@H]2C(=O)N(CCc3ccccc3)C(=O)[C@@H]21. The van der Waals surface area contributed by atoms with E-state index in [9.17, 15) is 24.3 Å². The van der Waals surface area contributed by atoms with Gasteiger partial charge in [-0.25, -0.2) is 0 Å². The number of hydrogen-bond donors (Lipinski definition) is 3. The first-order valence-corrected chi connectivity index (χ1v) is 11.6. The summed E-state index contributed by atoms with van der Waals surface area (Å²) in [5.41, 5.74) is 1.36. The average Bonchev–Trinajstić information content (AvgIpc) is 3.37. The molecule has 1 spiro atoms. The summed E-state index contributed by atoms with van der Waals surface area (Å²) in [7, 11) is 0. The van der Waals surface area contributed by atoms with Crippen LogP contribution in [0.1, 0.15) is 29.5 Å². The van der Waals surface area contributed by atoms with Gasteiger partial charge in [-0.15, -0.1) is 0 Å². The number of carboxylic acids is 1. The number of nitrogens with one attached hydrogen (secondary N) is 2. The molecule has 0 radical (unpaired) electrons. The van der Waals surface area contributed by atoms with Gasteiger partial charge in [-0.3, -0.25) is 29.4 Å². The Morgan fingerprint density at radius 1 is 1.15 bits per heavy atom. The van der Waals surface area contributed by atoms with Crippen LogP contribution < -0.4 is 10.6 Å². The van der Waals surface area contributed by atoms with E-state index < -0.39 is 41.2 Å². The minimum absolute atomic E-state index is 0.117. The maximum atomic E-state index is 13.7. The number of rotatable bonds is 6. The van der Waals surface area contributed by atoms with E-state index in [1.807, 2.05) is 37.3 Å². The first kappa shape index (κ1) is 22.6. The van der Waals surface area contributed by atoms with E-state index in [-0.39, 0.29) is 25.3 Å². The summed E-state index contributed by atoms with van der Waals surface area (Å²) in [5, 5.41) is 15.8. The van der Waals surface area contributed by atoms with Crippen LogP contribution in [-0.4, -0.2) is 46.3 Å². The van der Waals surface area contributed by atoms with E-state index in [1.165, 1.54) is 4.90 Å². The second-order valence-electron chi connectivity index (χ2n) is 9.16. The molecule has 0 saturated carbocycles. The molecule has 3 amide bonds. The summed E-state index contributed by atoms with van der Waals surface area (Å²) < 4.78 is 0. The average molecular weight is 482 g/mol. The van der Waals surface area contributed by atoms with Gasteiger partial charge in [0.15, 0.2) is 0 Å². The Morgan fingerprint density at radius 2 is 1.88 bits per heavy atom. The molecule has 2 fully saturated rings. The molecule has 8 nitrogen and oxygen atoms in total. The Kier molecular flexibility index (Phi) is 5.45. The number of anilines is 1. The summed E-state index contributed by atoms with van der Waals surface area (Å²) in [6.45, 7) is 2.01. The Morgan fingerprint density at radius 3 is 2.59 bits per heavy atom. The third-order valence-electron chi connectivity index (χ3n) is 7.21. The topological polar surface area (TPSA) is 116 Å². The zero-order chi connectivity index (χ0) is 24.2. The highest BCUT2D eigenvalue weighted by atomic mass is 35.5. The van der Waals surface area contributed by atoms with Crippen LogP contribution in [0.4, 0.5) is 5.69 Å². The second kappa shape index (κ2) is 8.21. The molecule has 3 aliphatic heterocycles. The van der Waals surface area contributed by atoms with Gasteiger partial charge in [0.05, 0.1) is 11.8 Å². The van der Waals surface area contributed by atoms with Gasteiger partial charge in [0.2, 0.25) is 17.7 Å². The van der Waals surface area contributed by atoms with Gasteiger partial charge in [0.25, 0.3) is 0 Å². The maximum Gasteiger partial charge on any atom is 0.303 e. The van der Waals surface area contributed by atoms with E-state index in [1.54, 1.807) is 12.1 Å². The van der Waals surface area contributed by atoms with Crippen LogP contribution in [0.2, 0.25) is 5.02 Å². The molecule has 2 aromatic rings. The van der Waals surface area contributed by atoms with Gasteiger partial charge in [-0.1, -0.05) is 41.9 Å². The van der Waals surface area contributed by atoms with Gasteiger partial charge in [-0.2, -0.15) is 0 Å². The van der Waals surface area contributed by atoms with Crippen molar-refractivity contribution in [1.82, 2.24) is 10.2 Å². The first-order chi connectivity index (χ1) is 16.2. The van der Waals surface area contributed by atoms with Gasteiger partial charge in [0.1, 0.15) is 5.54 Å². The lowest BCUT2D eigenvalue weighted by Gasteiger charge is -2.29. The number of carbonyl (C=O) groups excluding carboxylic acids is 3. The van der Waals surface area contributed by atoms with Gasteiger partial charge >= 0.3 is 5.97 Å². The molecule has 9 heteroatoms. The highest BCUT2D eigenvalue weighted by molar-refractivity contribution is 6.31. The van der Waals surface area contributed by atoms with Crippen molar-refractivity contribution in [2.45, 2.75) is 37.8 Å². The number of amides is 3. The van der Waals surface area contributed by atoms with E-state index in [4.69, 9.17) is 11.6 Å². The minimum Gasteiger partial charge on any atom is -0.481 e. The van der Waals surface area contributed by atoms with Crippen molar-refractivity contribution in [2.75, 3.05) is 11.9 Å². The van der Waals surface area contributed by atoms with Crippen molar-refractivity contribution in [1.29, 1.82) is 0 Å². The number of nitrogens with zero attached hydrogens (tertiary/aromatic N) is 1. The van der Waals surface area contributed by atoms with Crippen molar-refractivity contribution >= 4 is 41.0 Å². The second-order valence-corrected chi connectivity index (χ2v) is 9.59. The highest BCUT2D eigenvalue weighted by Crippen LogP contribution is 2.54. The Labute approximate surface area is 201 Å². The van der Waals surface area contributed by atoms with Crippen LogP contribution in [0.3, 0.4) is 0 Å². The molecule has 34 heavy (non-hydrogen) atoms. The first-order valence-electron chi connectivity index (χ1n) is 11.2. The Hall–Kier alpha value is -3.23. The Bertz CT molecular complexity index is 1220. The summed E-state index contributed by atoms with van der Waals surface area (Å²) >= 11 is 6.32. The third-order valence-corrected chi connectivity index (χ3v) is 7.43. The molecule has 3 aliphatic rings. The summed E-state index contributed by atoms with van der Waals surface area (Å²) in [4.78, 5) is 53.3. The van der Waals surface area contributed by atoms with E-state index >= 15 is 0 Å². The lowest BCUT2D eigenvalue weighted by molar-refractivity contribution is -0.143. The molecule has 5 rings (SSSR count). The lowest BCUT2D eigenvalue weighted by atomic mass is 9.76. The summed E-state index contributed by atoms with van der Waals surface area (Å²) in [6, 6.07) is 12.3. The molecular formula is C25H24ClN3O5.